The Kier molecular flexibility index (Phi) is 5.91. The predicted molar refractivity (Wildman–Crippen MR) is 132 cm³/mol. The number of hydrogen-bond acceptors (Lipinski definition) is 3. The van der Waals surface area contributed by atoms with Crippen molar-refractivity contribution < 1.29 is 14.3 Å². The largest absolute Gasteiger partial charge is 0.424 e. The molecule has 0 radical (unpaired) electrons. The zero-order valence-corrected chi connectivity index (χ0v) is 19.0. The van der Waals surface area contributed by atoms with E-state index in [1.54, 1.807) is 36.4 Å². The number of carbonyl (C=O) groups excluding carboxylic acids is 2. The molecule has 34 heavy (non-hydrogen) atoms. The number of rotatable bonds is 5. The Bertz CT molecular complexity index is 1340. The quantitative estimate of drug-likeness (QED) is 0.298. The van der Waals surface area contributed by atoms with E-state index >= 15 is 0 Å². The van der Waals surface area contributed by atoms with E-state index in [0.717, 1.165) is 16.7 Å². The Morgan fingerprint density at radius 3 is 2.09 bits per heavy atom. The molecule has 1 aliphatic rings. The number of para-hydroxylation sites is 1. The molecule has 0 saturated heterocycles. The normalized spacial score (nSPS) is 19.1. The van der Waals surface area contributed by atoms with Crippen molar-refractivity contribution in [2.45, 2.75) is 17.9 Å². The lowest BCUT2D eigenvalue weighted by Gasteiger charge is -2.43. The molecule has 0 saturated carbocycles. The minimum atomic E-state index is -1.42. The van der Waals surface area contributed by atoms with Crippen molar-refractivity contribution in [3.63, 3.8) is 0 Å². The topological polar surface area (TPSA) is 55.4 Å². The van der Waals surface area contributed by atoms with Gasteiger partial charge in [0.25, 0.3) is 5.91 Å². The van der Waals surface area contributed by atoms with Gasteiger partial charge in [-0.05, 0) is 35.4 Å². The maximum absolute atomic E-state index is 13.9. The zero-order valence-electron chi connectivity index (χ0n) is 18.3. The van der Waals surface area contributed by atoms with Crippen LogP contribution in [0.4, 0.5) is 0 Å². The molecule has 0 aliphatic carbocycles. The van der Waals surface area contributed by atoms with Crippen LogP contribution in [0.1, 0.15) is 33.0 Å². The van der Waals surface area contributed by atoms with Gasteiger partial charge in [0, 0.05) is 28.5 Å². The zero-order chi connectivity index (χ0) is 23.5. The number of halogens is 1. The average molecular weight is 468 g/mol. The lowest BCUT2D eigenvalue weighted by atomic mass is 9.70. The highest BCUT2D eigenvalue weighted by molar-refractivity contribution is 6.31. The van der Waals surface area contributed by atoms with Crippen LogP contribution in [0, 0.1) is 0 Å². The molecule has 1 N–H and O–H groups in total. The van der Waals surface area contributed by atoms with Gasteiger partial charge in [-0.15, -0.1) is 0 Å². The molecule has 4 aromatic rings. The van der Waals surface area contributed by atoms with Gasteiger partial charge >= 0.3 is 5.97 Å². The van der Waals surface area contributed by atoms with Crippen molar-refractivity contribution in [2.75, 3.05) is 0 Å². The number of hydrogen-bond donors (Lipinski definition) is 1. The Labute approximate surface area is 203 Å². The van der Waals surface area contributed by atoms with Crippen molar-refractivity contribution in [1.29, 1.82) is 0 Å². The summed E-state index contributed by atoms with van der Waals surface area (Å²) < 4.78 is 5.85. The lowest BCUT2D eigenvalue weighted by molar-refractivity contribution is -0.143. The van der Waals surface area contributed by atoms with E-state index in [1.807, 2.05) is 72.8 Å². The van der Waals surface area contributed by atoms with Gasteiger partial charge in [0.15, 0.2) is 5.54 Å². The summed E-state index contributed by atoms with van der Waals surface area (Å²) in [6.45, 7) is 0. The number of ether oxygens (including phenoxy) is 1. The van der Waals surface area contributed by atoms with Crippen LogP contribution in [0.2, 0.25) is 5.02 Å². The molecule has 2 atom stereocenters. The van der Waals surface area contributed by atoms with Crippen LogP contribution in [0.5, 0.6) is 5.75 Å². The summed E-state index contributed by atoms with van der Waals surface area (Å²) in [4.78, 5) is 27.3. The van der Waals surface area contributed by atoms with Gasteiger partial charge in [-0.3, -0.25) is 4.79 Å². The molecular weight excluding hydrogens is 446 g/mol. The summed E-state index contributed by atoms with van der Waals surface area (Å²) in [7, 11) is 0. The number of benzene rings is 4. The lowest BCUT2D eigenvalue weighted by Crippen LogP contribution is -2.63. The third kappa shape index (κ3) is 3.97. The smallest absolute Gasteiger partial charge is 0.338 e. The fourth-order valence-electron chi connectivity index (χ4n) is 4.65. The minimum Gasteiger partial charge on any atom is -0.424 e. The third-order valence-electron chi connectivity index (χ3n) is 6.20. The first-order chi connectivity index (χ1) is 16.6. The van der Waals surface area contributed by atoms with Gasteiger partial charge in [0.05, 0.1) is 0 Å². The summed E-state index contributed by atoms with van der Waals surface area (Å²) in [5, 5.41) is 3.61. The second-order valence-corrected chi connectivity index (χ2v) is 8.74. The number of esters is 1. The summed E-state index contributed by atoms with van der Waals surface area (Å²) in [5.41, 5.74) is 1.47. The van der Waals surface area contributed by atoms with E-state index in [2.05, 4.69) is 5.32 Å². The van der Waals surface area contributed by atoms with Crippen LogP contribution >= 0.6 is 11.6 Å². The number of nitrogens with one attached hydrogen (secondary N) is 1. The molecule has 0 spiro atoms. The number of amides is 1. The summed E-state index contributed by atoms with van der Waals surface area (Å²) in [6, 6.07) is 33.3. The maximum Gasteiger partial charge on any atom is 0.338 e. The first kappa shape index (κ1) is 21.9. The van der Waals surface area contributed by atoms with Crippen LogP contribution in [0.15, 0.2) is 109 Å². The molecule has 0 fully saturated rings. The maximum atomic E-state index is 13.9. The van der Waals surface area contributed by atoms with E-state index in [9.17, 15) is 9.59 Å². The van der Waals surface area contributed by atoms with Crippen molar-refractivity contribution in [3.8, 4) is 5.75 Å². The number of carbonyl (C=O) groups is 2. The Morgan fingerprint density at radius 2 is 1.38 bits per heavy atom. The molecule has 1 aliphatic heterocycles. The highest BCUT2D eigenvalue weighted by Crippen LogP contribution is 2.47. The summed E-state index contributed by atoms with van der Waals surface area (Å²) in [5.74, 6) is -0.976. The van der Waals surface area contributed by atoms with Crippen molar-refractivity contribution >= 4 is 23.5 Å². The SMILES string of the molecule is O=C(N[C@]1(Cc2ccccc2)C(=O)Oc2ccccc2[C@@H]1c1ccccc1Cl)c1ccccc1. The fourth-order valence-corrected chi connectivity index (χ4v) is 4.90. The molecule has 0 bridgehead atoms. The highest BCUT2D eigenvalue weighted by Gasteiger charge is 2.54. The van der Waals surface area contributed by atoms with E-state index in [1.165, 1.54) is 0 Å². The van der Waals surface area contributed by atoms with Gasteiger partial charge < -0.3 is 10.1 Å². The number of fused-ring (bicyclic) bond motifs is 1. The molecule has 5 heteroatoms. The van der Waals surface area contributed by atoms with Gasteiger partial charge in [-0.1, -0.05) is 96.5 Å². The van der Waals surface area contributed by atoms with Crippen molar-refractivity contribution in [2.24, 2.45) is 0 Å². The van der Waals surface area contributed by atoms with Crippen LogP contribution in [0.25, 0.3) is 0 Å². The van der Waals surface area contributed by atoms with Gasteiger partial charge in [-0.25, -0.2) is 4.79 Å². The second kappa shape index (κ2) is 9.16. The molecule has 4 aromatic carbocycles. The van der Waals surface area contributed by atoms with Gasteiger partial charge in [0.1, 0.15) is 5.75 Å². The minimum absolute atomic E-state index is 0.232. The van der Waals surface area contributed by atoms with Crippen LogP contribution in [-0.4, -0.2) is 17.4 Å². The summed E-state index contributed by atoms with van der Waals surface area (Å²) >= 11 is 6.69. The van der Waals surface area contributed by atoms with Crippen molar-refractivity contribution in [1.82, 2.24) is 5.32 Å². The Morgan fingerprint density at radius 1 is 0.794 bits per heavy atom. The molecule has 1 heterocycles. The fraction of sp³-hybridized carbons (Fsp3) is 0.103. The first-order valence-electron chi connectivity index (χ1n) is 11.1. The molecular formula is C29H22ClNO3. The molecule has 0 unspecified atom stereocenters. The molecule has 0 aromatic heterocycles. The second-order valence-electron chi connectivity index (χ2n) is 8.34. The summed E-state index contributed by atoms with van der Waals surface area (Å²) in [6.07, 6.45) is 0.232. The van der Waals surface area contributed by atoms with E-state index in [-0.39, 0.29) is 12.3 Å². The molecule has 1 amide bonds. The predicted octanol–water partition coefficient (Wildman–Crippen LogP) is 5.80. The molecule has 168 valence electrons. The van der Waals surface area contributed by atoms with Crippen molar-refractivity contribution in [3.05, 3.63) is 136 Å². The monoisotopic (exact) mass is 467 g/mol. The Balaban J connectivity index is 1.73. The molecule has 4 nitrogen and oxygen atoms in total. The standard InChI is InChI=1S/C29H22ClNO3/c30-24-17-9-7-15-22(24)26-23-16-8-10-18-25(23)34-28(33)29(26,19-20-11-3-1-4-12-20)31-27(32)21-13-5-2-6-14-21/h1-18,26H,19H2,(H,31,32)/t26-,29-/m0/s1. The van der Waals surface area contributed by atoms with E-state index in [4.69, 9.17) is 16.3 Å². The van der Waals surface area contributed by atoms with E-state index < -0.39 is 17.4 Å². The van der Waals surface area contributed by atoms with E-state index in [0.29, 0.717) is 16.3 Å². The van der Waals surface area contributed by atoms with Crippen LogP contribution < -0.4 is 10.1 Å². The van der Waals surface area contributed by atoms with Gasteiger partial charge in [0.2, 0.25) is 0 Å². The Hall–Kier alpha value is -3.89. The van der Waals surface area contributed by atoms with Gasteiger partial charge in [-0.2, -0.15) is 0 Å². The van der Waals surface area contributed by atoms with Crippen LogP contribution in [-0.2, 0) is 11.2 Å². The first-order valence-corrected chi connectivity index (χ1v) is 11.4. The molecule has 5 rings (SSSR count). The highest BCUT2D eigenvalue weighted by atomic mass is 35.5. The third-order valence-corrected chi connectivity index (χ3v) is 6.55. The van der Waals surface area contributed by atoms with Crippen LogP contribution in [0.3, 0.4) is 0 Å². The average Bonchev–Trinajstić information content (AvgIpc) is 2.87.